The number of benzene rings is 5. The predicted molar refractivity (Wildman–Crippen MR) is 183 cm³/mol. The van der Waals surface area contributed by atoms with E-state index in [0.717, 1.165) is 49.6 Å². The van der Waals surface area contributed by atoms with Gasteiger partial charge in [-0.25, -0.2) is 19.9 Å². The molecule has 7 nitrogen and oxygen atoms in total. The lowest BCUT2D eigenvalue weighted by Gasteiger charge is -2.21. The SMILES string of the molecule is CC1(C)c2ccccc2-c2cc3c4ccccc4n(-c4cccc(-c5ncc6c(n5)c5cncnc5c5nccnc65)c4)c3cc21. The van der Waals surface area contributed by atoms with Crippen molar-refractivity contribution in [2.45, 2.75) is 19.3 Å². The summed E-state index contributed by atoms with van der Waals surface area (Å²) in [5.41, 5.74) is 12.5. The third-order valence-electron chi connectivity index (χ3n) is 9.67. The van der Waals surface area contributed by atoms with Gasteiger partial charge in [0.1, 0.15) is 22.9 Å². The number of hydrogen-bond acceptors (Lipinski definition) is 6. The summed E-state index contributed by atoms with van der Waals surface area (Å²) in [5, 5.41) is 4.12. The standard InChI is InChI=1S/C39H25N7/c1-39(2)30-12-5-3-10-24(30)26-17-27-25-11-4-6-13-32(25)46(33(27)18-31(26)39)23-9-7-8-22(16-23)38-43-20-29-34(45-38)28-19-40-21-44-36(28)37-35(29)41-14-15-42-37/h3-21H,1-2H3. The van der Waals surface area contributed by atoms with Crippen molar-refractivity contribution in [3.63, 3.8) is 0 Å². The molecule has 0 fully saturated rings. The quantitative estimate of drug-likeness (QED) is 0.187. The van der Waals surface area contributed by atoms with Gasteiger partial charge in [0.25, 0.3) is 0 Å². The zero-order chi connectivity index (χ0) is 30.6. The van der Waals surface area contributed by atoms with Crippen LogP contribution in [0.1, 0.15) is 25.0 Å². The first-order valence-electron chi connectivity index (χ1n) is 15.4. The second-order valence-corrected chi connectivity index (χ2v) is 12.5. The Balaban J connectivity index is 1.20. The molecule has 4 aromatic heterocycles. The van der Waals surface area contributed by atoms with Crippen molar-refractivity contribution >= 4 is 54.6 Å². The van der Waals surface area contributed by atoms with Gasteiger partial charge >= 0.3 is 0 Å². The molecule has 1 aliphatic carbocycles. The Morgan fingerprint density at radius 2 is 1.37 bits per heavy atom. The highest BCUT2D eigenvalue weighted by Crippen LogP contribution is 2.51. The predicted octanol–water partition coefficient (Wildman–Crippen LogP) is 8.59. The molecule has 7 heteroatoms. The second kappa shape index (κ2) is 8.99. The Bertz CT molecular complexity index is 2710. The summed E-state index contributed by atoms with van der Waals surface area (Å²) in [5.74, 6) is 0.626. The van der Waals surface area contributed by atoms with Crippen LogP contribution in [-0.2, 0) is 5.41 Å². The molecule has 0 radical (unpaired) electrons. The molecule has 1 aliphatic rings. The third-order valence-corrected chi connectivity index (χ3v) is 9.67. The average molecular weight is 592 g/mol. The molecular weight excluding hydrogens is 566 g/mol. The van der Waals surface area contributed by atoms with Crippen LogP contribution >= 0.6 is 0 Å². The summed E-state index contributed by atoms with van der Waals surface area (Å²) < 4.78 is 2.38. The van der Waals surface area contributed by atoms with Crippen molar-refractivity contribution < 1.29 is 0 Å². The third kappa shape index (κ3) is 3.31. The molecule has 10 rings (SSSR count). The van der Waals surface area contributed by atoms with E-state index in [4.69, 9.17) is 9.97 Å². The largest absolute Gasteiger partial charge is 0.309 e. The van der Waals surface area contributed by atoms with Gasteiger partial charge in [0, 0.05) is 63.0 Å². The van der Waals surface area contributed by atoms with E-state index in [0.29, 0.717) is 5.82 Å². The normalized spacial score (nSPS) is 13.6. The Morgan fingerprint density at radius 3 is 2.30 bits per heavy atom. The second-order valence-electron chi connectivity index (χ2n) is 12.5. The van der Waals surface area contributed by atoms with Crippen LogP contribution in [0, 0.1) is 0 Å². The van der Waals surface area contributed by atoms with Crippen LogP contribution in [0.25, 0.3) is 82.8 Å². The first-order valence-corrected chi connectivity index (χ1v) is 15.4. The van der Waals surface area contributed by atoms with Crippen molar-refractivity contribution in [2.24, 2.45) is 0 Å². The van der Waals surface area contributed by atoms with Gasteiger partial charge in [-0.15, -0.1) is 0 Å². The molecule has 46 heavy (non-hydrogen) atoms. The van der Waals surface area contributed by atoms with E-state index in [9.17, 15) is 0 Å². The molecule has 0 unspecified atom stereocenters. The van der Waals surface area contributed by atoms with Gasteiger partial charge in [0.05, 0.1) is 16.6 Å². The fourth-order valence-corrected chi connectivity index (χ4v) is 7.52. The van der Waals surface area contributed by atoms with Gasteiger partial charge in [-0.1, -0.05) is 68.4 Å². The zero-order valence-corrected chi connectivity index (χ0v) is 25.1. The van der Waals surface area contributed by atoms with Crippen molar-refractivity contribution in [1.82, 2.24) is 34.5 Å². The van der Waals surface area contributed by atoms with E-state index >= 15 is 0 Å². The lowest BCUT2D eigenvalue weighted by Crippen LogP contribution is -2.14. The van der Waals surface area contributed by atoms with Crippen molar-refractivity contribution in [3.05, 3.63) is 127 Å². The summed E-state index contributed by atoms with van der Waals surface area (Å²) in [6.07, 6.45) is 8.54. The number of hydrogen-bond donors (Lipinski definition) is 0. The molecule has 5 aromatic carbocycles. The van der Waals surface area contributed by atoms with Gasteiger partial charge in [-0.3, -0.25) is 9.97 Å². The number of para-hydroxylation sites is 1. The van der Waals surface area contributed by atoms with Crippen LogP contribution in [0.3, 0.4) is 0 Å². The number of aromatic nitrogens is 7. The van der Waals surface area contributed by atoms with Gasteiger partial charge < -0.3 is 4.57 Å². The summed E-state index contributed by atoms with van der Waals surface area (Å²) >= 11 is 0. The molecular formula is C39H25N7. The maximum atomic E-state index is 5.09. The van der Waals surface area contributed by atoms with E-state index in [1.54, 1.807) is 18.6 Å². The van der Waals surface area contributed by atoms with Crippen LogP contribution in [0.15, 0.2) is 116 Å². The van der Waals surface area contributed by atoms with Gasteiger partial charge in [0.2, 0.25) is 0 Å². The number of rotatable bonds is 2. The molecule has 0 saturated carbocycles. The Hall–Kier alpha value is -6.08. The topological polar surface area (TPSA) is 82.3 Å². The van der Waals surface area contributed by atoms with Crippen LogP contribution in [-0.4, -0.2) is 34.5 Å². The van der Waals surface area contributed by atoms with Crippen molar-refractivity contribution in [1.29, 1.82) is 0 Å². The van der Waals surface area contributed by atoms with E-state index in [-0.39, 0.29) is 5.41 Å². The maximum absolute atomic E-state index is 5.09. The summed E-state index contributed by atoms with van der Waals surface area (Å²) in [7, 11) is 0. The molecule has 216 valence electrons. The lowest BCUT2D eigenvalue weighted by atomic mass is 9.82. The molecule has 9 aromatic rings. The molecule has 0 aliphatic heterocycles. The summed E-state index contributed by atoms with van der Waals surface area (Å²) in [4.78, 5) is 27.9. The van der Waals surface area contributed by atoms with Crippen LogP contribution < -0.4 is 0 Å². The van der Waals surface area contributed by atoms with E-state index < -0.39 is 0 Å². The molecule has 4 heterocycles. The summed E-state index contributed by atoms with van der Waals surface area (Å²) in [6, 6.07) is 30.8. The Labute approximate surface area is 263 Å². The molecule has 0 bridgehead atoms. The Kier molecular flexibility index (Phi) is 4.94. The average Bonchev–Trinajstić information content (AvgIpc) is 3.55. The van der Waals surface area contributed by atoms with Gasteiger partial charge in [-0.05, 0) is 52.6 Å². The minimum atomic E-state index is -0.0940. The number of nitrogens with zero attached hydrogens (tertiary/aromatic N) is 7. The number of fused-ring (bicyclic) bond motifs is 12. The molecule has 0 saturated heterocycles. The molecule has 0 spiro atoms. The monoisotopic (exact) mass is 591 g/mol. The van der Waals surface area contributed by atoms with Crippen molar-refractivity contribution in [3.8, 4) is 28.2 Å². The minimum Gasteiger partial charge on any atom is -0.309 e. The van der Waals surface area contributed by atoms with E-state index in [1.165, 1.54) is 44.9 Å². The van der Waals surface area contributed by atoms with E-state index in [2.05, 4.69) is 123 Å². The van der Waals surface area contributed by atoms with Gasteiger partial charge in [0.15, 0.2) is 5.82 Å². The molecule has 0 amide bonds. The van der Waals surface area contributed by atoms with Crippen molar-refractivity contribution in [2.75, 3.05) is 0 Å². The molecule has 0 atom stereocenters. The highest BCUT2D eigenvalue weighted by Gasteiger charge is 2.36. The van der Waals surface area contributed by atoms with Gasteiger partial charge in [-0.2, -0.15) is 0 Å². The smallest absolute Gasteiger partial charge is 0.159 e. The molecule has 0 N–H and O–H groups in total. The summed E-state index contributed by atoms with van der Waals surface area (Å²) in [6.45, 7) is 4.66. The fourth-order valence-electron chi connectivity index (χ4n) is 7.52. The Morgan fingerprint density at radius 1 is 0.565 bits per heavy atom. The fraction of sp³-hybridized carbons (Fsp3) is 0.0769. The van der Waals surface area contributed by atoms with Crippen LogP contribution in [0.4, 0.5) is 0 Å². The van der Waals surface area contributed by atoms with E-state index in [1.807, 2.05) is 6.20 Å². The zero-order valence-electron chi connectivity index (χ0n) is 25.1. The highest BCUT2D eigenvalue weighted by molar-refractivity contribution is 6.20. The first-order chi connectivity index (χ1) is 22.6. The first kappa shape index (κ1) is 25.3. The maximum Gasteiger partial charge on any atom is 0.159 e. The minimum absolute atomic E-state index is 0.0940. The lowest BCUT2D eigenvalue weighted by molar-refractivity contribution is 0.661. The van der Waals surface area contributed by atoms with Crippen LogP contribution in [0.5, 0.6) is 0 Å². The van der Waals surface area contributed by atoms with Crippen LogP contribution in [0.2, 0.25) is 0 Å². The highest BCUT2D eigenvalue weighted by atomic mass is 15.0.